The summed E-state index contributed by atoms with van der Waals surface area (Å²) in [4.78, 5) is 16.7. The molecule has 10 heteroatoms. The molecule has 0 amide bonds. The minimum atomic E-state index is -0.570. The number of carbonyl (C=O) groups excluding carboxylic acids is 1. The number of anilines is 1. The Labute approximate surface area is 184 Å². The minimum absolute atomic E-state index is 0.194. The molecular weight excluding hydrogens is 420 g/mol. The fourth-order valence-corrected chi connectivity index (χ4v) is 4.05. The van der Waals surface area contributed by atoms with Crippen LogP contribution in [0.3, 0.4) is 0 Å². The van der Waals surface area contributed by atoms with E-state index in [-0.39, 0.29) is 19.2 Å². The van der Waals surface area contributed by atoms with Gasteiger partial charge in [-0.1, -0.05) is 11.6 Å². The molecule has 2 aromatic heterocycles. The van der Waals surface area contributed by atoms with Crippen molar-refractivity contribution in [3.8, 4) is 5.75 Å². The van der Waals surface area contributed by atoms with Crippen LogP contribution in [0.15, 0.2) is 30.6 Å². The number of esters is 1. The van der Waals surface area contributed by atoms with Gasteiger partial charge in [-0.15, -0.1) is 0 Å². The zero-order valence-corrected chi connectivity index (χ0v) is 18.2. The molecule has 2 atom stereocenters. The highest BCUT2D eigenvalue weighted by molar-refractivity contribution is 6.30. The third-order valence-corrected chi connectivity index (χ3v) is 5.44. The Hall–Kier alpha value is -3.20. The summed E-state index contributed by atoms with van der Waals surface area (Å²) < 4.78 is 12.8. The molecule has 0 saturated carbocycles. The molecule has 0 saturated heterocycles. The van der Waals surface area contributed by atoms with Crippen LogP contribution in [-0.4, -0.2) is 39.3 Å². The van der Waals surface area contributed by atoms with E-state index in [1.54, 1.807) is 19.2 Å². The Morgan fingerprint density at radius 2 is 2.32 bits per heavy atom. The van der Waals surface area contributed by atoms with Crippen molar-refractivity contribution in [3.05, 3.63) is 57.8 Å². The van der Waals surface area contributed by atoms with Crippen molar-refractivity contribution >= 4 is 29.0 Å². The number of carbonyl (C=O) groups is 1. The lowest BCUT2D eigenvalue weighted by atomic mass is 9.97. The number of nitrogens with one attached hydrogen (secondary N) is 2. The molecule has 1 aromatic carbocycles. The maximum atomic E-state index is 12.2. The molecule has 1 aliphatic heterocycles. The zero-order valence-electron chi connectivity index (χ0n) is 17.5. The van der Waals surface area contributed by atoms with Gasteiger partial charge in [0.2, 0.25) is 0 Å². The van der Waals surface area contributed by atoms with Gasteiger partial charge in [0.15, 0.2) is 17.8 Å². The van der Waals surface area contributed by atoms with E-state index in [1.165, 1.54) is 10.7 Å². The molecule has 4 rings (SSSR count). The summed E-state index contributed by atoms with van der Waals surface area (Å²) >= 11 is 6.37. The van der Waals surface area contributed by atoms with Crippen molar-refractivity contribution < 1.29 is 19.4 Å². The van der Waals surface area contributed by atoms with Crippen LogP contribution < -0.4 is 15.2 Å². The van der Waals surface area contributed by atoms with Gasteiger partial charge in [-0.3, -0.25) is 0 Å². The first-order valence-electron chi connectivity index (χ1n) is 10.00. The lowest BCUT2D eigenvalue weighted by molar-refractivity contribution is -0.498. The summed E-state index contributed by atoms with van der Waals surface area (Å²) in [6, 6.07) is 5.33. The van der Waals surface area contributed by atoms with Crippen LogP contribution in [0.5, 0.6) is 5.75 Å². The topological polar surface area (TPSA) is 114 Å². The first-order valence-corrected chi connectivity index (χ1v) is 10.4. The molecule has 1 unspecified atom stereocenters. The van der Waals surface area contributed by atoms with E-state index in [2.05, 4.69) is 20.5 Å². The number of hydrogen-bond acceptors (Lipinski definition) is 6. The number of fused-ring (bicyclic) bond motifs is 2. The Morgan fingerprint density at radius 1 is 1.52 bits per heavy atom. The van der Waals surface area contributed by atoms with Crippen LogP contribution in [0, 0.1) is 0 Å². The van der Waals surface area contributed by atoms with Crippen LogP contribution in [0.2, 0.25) is 5.02 Å². The molecule has 3 heterocycles. The Bertz CT molecular complexity index is 1160. The van der Waals surface area contributed by atoms with Crippen molar-refractivity contribution in [2.24, 2.45) is 0 Å². The summed E-state index contributed by atoms with van der Waals surface area (Å²) in [7, 11) is 0. The van der Waals surface area contributed by atoms with Crippen molar-refractivity contribution in [1.29, 1.82) is 0 Å². The normalized spacial score (nSPS) is 18.3. The standard InChI is InChI=1S/C21H23ClN6O3/c1-4-30-20(29)16-10-25-28-6-5-17(27-19(16)28)26-12(2)15-8-14(22)7-13-9-21(3,11-24-23)31-18(13)15/h5-8,10,12,24H,4,9,11H2,1-3H3,(H,26,27)/t12-,21?/m1/s1. The average molecular weight is 443 g/mol. The summed E-state index contributed by atoms with van der Waals surface area (Å²) in [5.74, 6) is 0.852. The molecule has 0 fully saturated rings. The maximum absolute atomic E-state index is 12.2. The second-order valence-corrected chi connectivity index (χ2v) is 8.21. The molecule has 1 aliphatic rings. The lowest BCUT2D eigenvalue weighted by Crippen LogP contribution is -2.71. The van der Waals surface area contributed by atoms with Crippen LogP contribution in [0.4, 0.5) is 5.82 Å². The predicted molar refractivity (Wildman–Crippen MR) is 114 cm³/mol. The highest BCUT2D eigenvalue weighted by Crippen LogP contribution is 2.42. The molecule has 0 spiro atoms. The minimum Gasteiger partial charge on any atom is -0.508 e. The highest BCUT2D eigenvalue weighted by Gasteiger charge is 2.38. The largest absolute Gasteiger partial charge is 0.508 e. The number of hydrogen-bond donors (Lipinski definition) is 2. The van der Waals surface area contributed by atoms with E-state index >= 15 is 0 Å². The van der Waals surface area contributed by atoms with Gasteiger partial charge in [-0.2, -0.15) is 5.10 Å². The van der Waals surface area contributed by atoms with Crippen LogP contribution in [0.1, 0.15) is 48.3 Å². The second-order valence-electron chi connectivity index (χ2n) is 7.77. The smallest absolute Gasteiger partial charge is 0.343 e. The SMILES string of the molecule is CCOC(=O)c1cnn2ccc(N[C@H](C)c3cc(Cl)cc4c3OC(C)(C[NH+]=[N-])C4)nc12. The van der Waals surface area contributed by atoms with E-state index in [0.29, 0.717) is 28.5 Å². The number of benzene rings is 1. The predicted octanol–water partition coefficient (Wildman–Crippen LogP) is 2.53. The first kappa shape index (κ1) is 21.0. The molecule has 0 radical (unpaired) electrons. The summed E-state index contributed by atoms with van der Waals surface area (Å²) in [5.41, 5.74) is 11.2. The van der Waals surface area contributed by atoms with Crippen LogP contribution in [0.25, 0.3) is 11.2 Å². The van der Waals surface area contributed by atoms with E-state index in [4.69, 9.17) is 26.6 Å². The van der Waals surface area contributed by atoms with Gasteiger partial charge in [0.25, 0.3) is 0 Å². The zero-order chi connectivity index (χ0) is 22.2. The Kier molecular flexibility index (Phi) is 5.53. The third kappa shape index (κ3) is 4.05. The Morgan fingerprint density at radius 3 is 3.06 bits per heavy atom. The molecular formula is C21H23ClN6O3. The van der Waals surface area contributed by atoms with E-state index < -0.39 is 11.6 Å². The molecule has 3 aromatic rings. The quantitative estimate of drug-likeness (QED) is 0.429. The van der Waals surface area contributed by atoms with E-state index in [9.17, 15) is 4.79 Å². The molecule has 2 N–H and O–H groups in total. The van der Waals surface area contributed by atoms with Crippen molar-refractivity contribution in [1.82, 2.24) is 14.6 Å². The van der Waals surface area contributed by atoms with Gasteiger partial charge >= 0.3 is 5.97 Å². The van der Waals surface area contributed by atoms with Gasteiger partial charge < -0.3 is 25.4 Å². The molecule has 0 aliphatic carbocycles. The van der Waals surface area contributed by atoms with Crippen LogP contribution in [-0.2, 0) is 11.2 Å². The summed E-state index contributed by atoms with van der Waals surface area (Å²) in [6.45, 7) is 6.22. The fourth-order valence-electron chi connectivity index (χ4n) is 3.80. The monoisotopic (exact) mass is 442 g/mol. The van der Waals surface area contributed by atoms with Gasteiger partial charge in [-0.05, 0) is 39.0 Å². The van der Waals surface area contributed by atoms with Crippen LogP contribution >= 0.6 is 11.6 Å². The summed E-state index contributed by atoms with van der Waals surface area (Å²) in [6.07, 6.45) is 3.79. The van der Waals surface area contributed by atoms with Gasteiger partial charge in [-0.25, -0.2) is 14.3 Å². The molecule has 0 bridgehead atoms. The van der Waals surface area contributed by atoms with Crippen molar-refractivity contribution in [3.63, 3.8) is 0 Å². The number of nitrogens with zero attached hydrogens (tertiary/aromatic N) is 4. The first-order chi connectivity index (χ1) is 14.8. The average Bonchev–Trinajstić information content (AvgIpc) is 3.27. The number of halogens is 1. The van der Waals surface area contributed by atoms with Crippen molar-refractivity contribution in [2.75, 3.05) is 18.5 Å². The molecule has 162 valence electrons. The van der Waals surface area contributed by atoms with E-state index in [1.807, 2.05) is 26.0 Å². The van der Waals surface area contributed by atoms with Gasteiger partial charge in [0.1, 0.15) is 17.1 Å². The third-order valence-electron chi connectivity index (χ3n) is 5.22. The fraction of sp³-hybridized carbons (Fsp3) is 0.381. The lowest BCUT2D eigenvalue weighted by Gasteiger charge is -2.22. The number of ether oxygens (including phenoxy) is 2. The second kappa shape index (κ2) is 8.14. The van der Waals surface area contributed by atoms with E-state index in [0.717, 1.165) is 16.9 Å². The van der Waals surface area contributed by atoms with Gasteiger partial charge in [0.05, 0.1) is 18.8 Å². The molecule has 9 nitrogen and oxygen atoms in total. The maximum Gasteiger partial charge on any atom is 0.343 e. The number of rotatable bonds is 7. The summed E-state index contributed by atoms with van der Waals surface area (Å²) in [5, 5.41) is 10.3. The molecule has 31 heavy (non-hydrogen) atoms. The Balaban J connectivity index is 1.63. The van der Waals surface area contributed by atoms with Crippen molar-refractivity contribution in [2.45, 2.75) is 38.8 Å². The highest BCUT2D eigenvalue weighted by atomic mass is 35.5. The van der Waals surface area contributed by atoms with Gasteiger partial charge in [0, 0.05) is 28.8 Å². The number of aromatic nitrogens is 3.